The van der Waals surface area contributed by atoms with Gasteiger partial charge in [0.1, 0.15) is 6.04 Å². The highest BCUT2D eigenvalue weighted by Gasteiger charge is 2.42. The highest BCUT2D eigenvalue weighted by atomic mass is 35.5. The van der Waals surface area contributed by atoms with Crippen LogP contribution in [-0.2, 0) is 11.3 Å². The van der Waals surface area contributed by atoms with Crippen LogP contribution in [0.1, 0.15) is 48.3 Å². The Morgan fingerprint density at radius 1 is 1.15 bits per heavy atom. The zero-order valence-electron chi connectivity index (χ0n) is 15.3. The summed E-state index contributed by atoms with van der Waals surface area (Å²) in [6.07, 6.45) is 0. The lowest BCUT2D eigenvalue weighted by molar-refractivity contribution is -0.126. The van der Waals surface area contributed by atoms with E-state index in [0.717, 1.165) is 11.1 Å². The van der Waals surface area contributed by atoms with E-state index in [1.165, 1.54) is 0 Å². The maximum atomic E-state index is 13.0. The van der Waals surface area contributed by atoms with Crippen molar-refractivity contribution in [2.24, 2.45) is 5.41 Å². The van der Waals surface area contributed by atoms with Gasteiger partial charge in [0.2, 0.25) is 5.91 Å². The number of benzene rings is 2. The molecule has 2 aromatic rings. The Kier molecular flexibility index (Phi) is 5.05. The number of nitrogens with one attached hydrogen (secondary N) is 1. The zero-order chi connectivity index (χ0) is 18.9. The number of hydrogen-bond donors (Lipinski definition) is 1. The van der Waals surface area contributed by atoms with Crippen LogP contribution in [0.2, 0.25) is 5.02 Å². The summed E-state index contributed by atoms with van der Waals surface area (Å²) in [5.41, 5.74) is 2.19. The van der Waals surface area contributed by atoms with E-state index < -0.39 is 6.04 Å². The number of carbonyl (C=O) groups excluding carboxylic acids is 2. The number of carbonyl (C=O) groups is 2. The normalized spacial score (nSPS) is 16.5. The molecule has 4 nitrogen and oxygen atoms in total. The lowest BCUT2D eigenvalue weighted by Gasteiger charge is -2.31. The van der Waals surface area contributed by atoms with Crippen molar-refractivity contribution in [3.63, 3.8) is 0 Å². The molecule has 1 N–H and O–H groups in total. The average molecular weight is 371 g/mol. The molecule has 1 atom stereocenters. The Labute approximate surface area is 159 Å². The largest absolute Gasteiger partial charge is 0.350 e. The Hall–Kier alpha value is -2.33. The molecule has 2 aromatic carbocycles. The van der Waals surface area contributed by atoms with E-state index in [9.17, 15) is 9.59 Å². The van der Waals surface area contributed by atoms with Crippen LogP contribution >= 0.6 is 11.6 Å². The first-order valence-corrected chi connectivity index (χ1v) is 9.06. The van der Waals surface area contributed by atoms with Gasteiger partial charge in [-0.05, 0) is 34.7 Å². The monoisotopic (exact) mass is 370 g/mol. The third-order valence-electron chi connectivity index (χ3n) is 4.31. The average Bonchev–Trinajstić information content (AvgIpc) is 2.84. The number of rotatable bonds is 4. The molecule has 0 saturated heterocycles. The molecule has 0 bridgehead atoms. The molecule has 1 unspecified atom stereocenters. The van der Waals surface area contributed by atoms with Crippen molar-refractivity contribution in [2.45, 2.75) is 33.4 Å². The summed E-state index contributed by atoms with van der Waals surface area (Å²) in [6, 6.07) is 14.1. The number of halogens is 1. The van der Waals surface area contributed by atoms with Crippen molar-refractivity contribution in [1.29, 1.82) is 0 Å². The van der Waals surface area contributed by atoms with E-state index >= 15 is 0 Å². The summed E-state index contributed by atoms with van der Waals surface area (Å²) >= 11 is 6.00. The van der Waals surface area contributed by atoms with Crippen LogP contribution in [0.4, 0.5) is 0 Å². The number of hydrogen-bond acceptors (Lipinski definition) is 2. The number of nitrogens with zero attached hydrogens (tertiary/aromatic N) is 1. The van der Waals surface area contributed by atoms with Crippen LogP contribution < -0.4 is 5.32 Å². The third-order valence-corrected chi connectivity index (χ3v) is 4.54. The molecule has 26 heavy (non-hydrogen) atoms. The summed E-state index contributed by atoms with van der Waals surface area (Å²) < 4.78 is 0. The first kappa shape index (κ1) is 18.5. The molecule has 0 aromatic heterocycles. The van der Waals surface area contributed by atoms with Gasteiger partial charge >= 0.3 is 0 Å². The van der Waals surface area contributed by atoms with Gasteiger partial charge in [0.25, 0.3) is 5.91 Å². The standard InChI is InChI=1S/C21H23ClN2O2/c1-21(2,3)13-24-18(16-9-4-5-10-17(16)20(24)26)19(25)23-12-14-7-6-8-15(22)11-14/h4-11,18H,12-13H2,1-3H3,(H,23,25). The van der Waals surface area contributed by atoms with Gasteiger partial charge in [-0.25, -0.2) is 0 Å². The topological polar surface area (TPSA) is 49.4 Å². The van der Waals surface area contributed by atoms with Crippen LogP contribution in [-0.4, -0.2) is 23.3 Å². The predicted molar refractivity (Wildman–Crippen MR) is 103 cm³/mol. The van der Waals surface area contributed by atoms with Crippen molar-refractivity contribution in [3.05, 3.63) is 70.2 Å². The zero-order valence-corrected chi connectivity index (χ0v) is 16.0. The summed E-state index contributed by atoms with van der Waals surface area (Å²) in [4.78, 5) is 27.5. The van der Waals surface area contributed by atoms with Crippen molar-refractivity contribution >= 4 is 23.4 Å². The molecule has 2 amide bonds. The summed E-state index contributed by atoms with van der Waals surface area (Å²) in [5.74, 6) is -0.258. The lowest BCUT2D eigenvalue weighted by Crippen LogP contribution is -2.42. The molecule has 3 rings (SSSR count). The minimum Gasteiger partial charge on any atom is -0.350 e. The van der Waals surface area contributed by atoms with Crippen LogP contribution in [0.25, 0.3) is 0 Å². The second-order valence-electron chi connectivity index (χ2n) is 7.83. The van der Waals surface area contributed by atoms with E-state index in [2.05, 4.69) is 26.1 Å². The second-order valence-corrected chi connectivity index (χ2v) is 8.27. The first-order chi connectivity index (χ1) is 12.3. The molecular weight excluding hydrogens is 348 g/mol. The van der Waals surface area contributed by atoms with Gasteiger partial charge in [-0.3, -0.25) is 9.59 Å². The van der Waals surface area contributed by atoms with Crippen LogP contribution in [0.5, 0.6) is 0 Å². The molecular formula is C21H23ClN2O2. The fraction of sp³-hybridized carbons (Fsp3) is 0.333. The maximum absolute atomic E-state index is 13.0. The Balaban J connectivity index is 1.84. The van der Waals surface area contributed by atoms with Crippen molar-refractivity contribution in [3.8, 4) is 0 Å². The molecule has 1 aliphatic rings. The Morgan fingerprint density at radius 3 is 2.58 bits per heavy atom. The Bertz CT molecular complexity index is 842. The van der Waals surface area contributed by atoms with E-state index in [0.29, 0.717) is 23.7 Å². The summed E-state index contributed by atoms with van der Waals surface area (Å²) in [7, 11) is 0. The molecule has 0 aliphatic carbocycles. The van der Waals surface area contributed by atoms with E-state index in [-0.39, 0.29) is 17.2 Å². The molecule has 0 fully saturated rings. The highest BCUT2D eigenvalue weighted by Crippen LogP contribution is 2.36. The predicted octanol–water partition coefficient (Wildman–Crippen LogP) is 4.20. The van der Waals surface area contributed by atoms with Gasteiger partial charge in [0.05, 0.1) is 0 Å². The van der Waals surface area contributed by atoms with E-state index in [1.54, 1.807) is 17.0 Å². The van der Waals surface area contributed by atoms with Crippen molar-refractivity contribution in [1.82, 2.24) is 10.2 Å². The number of fused-ring (bicyclic) bond motifs is 1. The quantitative estimate of drug-likeness (QED) is 0.876. The maximum Gasteiger partial charge on any atom is 0.255 e. The van der Waals surface area contributed by atoms with E-state index in [4.69, 9.17) is 11.6 Å². The third kappa shape index (κ3) is 3.91. The molecule has 1 aliphatic heterocycles. The lowest BCUT2D eigenvalue weighted by atomic mass is 9.95. The molecule has 136 valence electrons. The molecule has 5 heteroatoms. The van der Waals surface area contributed by atoms with Gasteiger partial charge < -0.3 is 10.2 Å². The second kappa shape index (κ2) is 7.12. The van der Waals surface area contributed by atoms with Gasteiger partial charge in [0, 0.05) is 23.7 Å². The van der Waals surface area contributed by atoms with Crippen LogP contribution in [0.15, 0.2) is 48.5 Å². The minimum absolute atomic E-state index is 0.0848. The summed E-state index contributed by atoms with van der Waals surface area (Å²) in [5, 5.41) is 3.59. The molecule has 0 saturated carbocycles. The molecule has 1 heterocycles. The Morgan fingerprint density at radius 2 is 1.88 bits per heavy atom. The van der Waals surface area contributed by atoms with Crippen molar-refractivity contribution < 1.29 is 9.59 Å². The fourth-order valence-corrected chi connectivity index (χ4v) is 3.47. The number of amides is 2. The molecule has 0 spiro atoms. The highest BCUT2D eigenvalue weighted by molar-refractivity contribution is 6.30. The van der Waals surface area contributed by atoms with E-state index in [1.807, 2.05) is 36.4 Å². The minimum atomic E-state index is -0.600. The SMILES string of the molecule is CC(C)(C)CN1C(=O)c2ccccc2C1C(=O)NCc1cccc(Cl)c1. The van der Waals surface area contributed by atoms with Gasteiger partial charge in [-0.2, -0.15) is 0 Å². The smallest absolute Gasteiger partial charge is 0.255 e. The molecule has 0 radical (unpaired) electrons. The fourth-order valence-electron chi connectivity index (χ4n) is 3.26. The first-order valence-electron chi connectivity index (χ1n) is 8.68. The van der Waals surface area contributed by atoms with Crippen molar-refractivity contribution in [2.75, 3.05) is 6.54 Å². The van der Waals surface area contributed by atoms with Crippen LogP contribution in [0, 0.1) is 5.41 Å². The summed E-state index contributed by atoms with van der Waals surface area (Å²) in [6.45, 7) is 7.06. The van der Waals surface area contributed by atoms with Gasteiger partial charge in [0.15, 0.2) is 0 Å². The van der Waals surface area contributed by atoms with Crippen LogP contribution in [0.3, 0.4) is 0 Å². The van der Waals surface area contributed by atoms with Gasteiger partial charge in [-0.15, -0.1) is 0 Å². The van der Waals surface area contributed by atoms with Gasteiger partial charge in [-0.1, -0.05) is 62.7 Å².